The first kappa shape index (κ1) is 21.5. The van der Waals surface area contributed by atoms with Crippen LogP contribution in [0.4, 0.5) is 4.79 Å². The second-order valence-corrected chi connectivity index (χ2v) is 7.67. The monoisotopic (exact) mass is 386 g/mol. The second kappa shape index (κ2) is 8.95. The van der Waals surface area contributed by atoms with E-state index in [1.165, 1.54) is 22.9 Å². The van der Waals surface area contributed by atoms with Gasteiger partial charge in [-0.1, -0.05) is 24.3 Å². The molecule has 0 aliphatic heterocycles. The Balaban J connectivity index is 2.19. The minimum atomic E-state index is -0.645. The van der Waals surface area contributed by atoms with Crippen molar-refractivity contribution in [2.45, 2.75) is 46.1 Å². The van der Waals surface area contributed by atoms with E-state index in [0.29, 0.717) is 6.42 Å². The lowest BCUT2D eigenvalue weighted by Gasteiger charge is -2.25. The second-order valence-electron chi connectivity index (χ2n) is 7.67. The van der Waals surface area contributed by atoms with E-state index >= 15 is 0 Å². The van der Waals surface area contributed by atoms with Crippen molar-refractivity contribution in [3.63, 3.8) is 0 Å². The molecule has 0 atom stereocenters. The lowest BCUT2D eigenvalue weighted by Crippen LogP contribution is -2.36. The zero-order valence-corrected chi connectivity index (χ0v) is 17.6. The summed E-state index contributed by atoms with van der Waals surface area (Å²) in [6.07, 6.45) is 4.59. The molecule has 0 unspecified atom stereocenters. The van der Waals surface area contributed by atoms with Gasteiger partial charge in [-0.25, -0.2) is 9.59 Å². The Morgan fingerprint density at radius 1 is 1.21 bits per heavy atom. The van der Waals surface area contributed by atoms with Crippen molar-refractivity contribution in [2.75, 3.05) is 13.7 Å². The predicted octanol–water partition coefficient (Wildman–Crippen LogP) is 4.42. The Kier molecular flexibility index (Phi) is 6.89. The zero-order chi connectivity index (χ0) is 20.9. The normalized spacial score (nSPS) is 12.1. The number of allylic oxidation sites excluding steroid dienone is 1. The standard InChI is InChI=1S/C22H30N2O4/c1-7-27-20(25)19(24(6)21(26)28-22(2,3)4)14-10-11-16-15-23(5)18-13-9-8-12-17(16)18/h8-9,12-15H,7,10-11H2,1-6H3/b19-14-. The number of hydrogen-bond acceptors (Lipinski definition) is 4. The van der Waals surface area contributed by atoms with E-state index in [1.54, 1.807) is 33.8 Å². The van der Waals surface area contributed by atoms with Crippen molar-refractivity contribution in [1.82, 2.24) is 9.47 Å². The predicted molar refractivity (Wildman–Crippen MR) is 110 cm³/mol. The molecule has 1 aromatic heterocycles. The van der Waals surface area contributed by atoms with Crippen molar-refractivity contribution < 1.29 is 19.1 Å². The smallest absolute Gasteiger partial charge is 0.414 e. The molecule has 6 nitrogen and oxygen atoms in total. The number of fused-ring (bicyclic) bond motifs is 1. The average molecular weight is 386 g/mol. The van der Waals surface area contributed by atoms with Crippen molar-refractivity contribution in [2.24, 2.45) is 7.05 Å². The summed E-state index contributed by atoms with van der Waals surface area (Å²) >= 11 is 0. The van der Waals surface area contributed by atoms with Gasteiger partial charge < -0.3 is 14.0 Å². The Labute approximate surface area is 166 Å². The number of nitrogens with zero attached hydrogens (tertiary/aromatic N) is 2. The van der Waals surface area contributed by atoms with Crippen LogP contribution in [0.15, 0.2) is 42.2 Å². The highest BCUT2D eigenvalue weighted by atomic mass is 16.6. The maximum atomic E-state index is 12.4. The van der Waals surface area contributed by atoms with Crippen LogP contribution in [0.3, 0.4) is 0 Å². The fourth-order valence-corrected chi connectivity index (χ4v) is 2.98. The molecule has 0 aliphatic rings. The van der Waals surface area contributed by atoms with Crippen LogP contribution in [0.5, 0.6) is 0 Å². The highest BCUT2D eigenvalue weighted by Crippen LogP contribution is 2.22. The number of benzene rings is 1. The van der Waals surface area contributed by atoms with Gasteiger partial charge in [0.05, 0.1) is 6.61 Å². The third kappa shape index (κ3) is 5.38. The molecule has 0 saturated carbocycles. The molecule has 1 amide bonds. The summed E-state index contributed by atoms with van der Waals surface area (Å²) in [6.45, 7) is 7.33. The summed E-state index contributed by atoms with van der Waals surface area (Å²) in [5, 5.41) is 1.19. The molecular formula is C22H30N2O4. The van der Waals surface area contributed by atoms with Gasteiger partial charge in [0.15, 0.2) is 0 Å². The van der Waals surface area contributed by atoms with Crippen molar-refractivity contribution in [3.8, 4) is 0 Å². The quantitative estimate of drug-likeness (QED) is 0.544. The van der Waals surface area contributed by atoms with E-state index in [4.69, 9.17) is 9.47 Å². The number of aryl methyl sites for hydroxylation is 2. The van der Waals surface area contributed by atoms with E-state index < -0.39 is 17.7 Å². The van der Waals surface area contributed by atoms with Crippen LogP contribution in [0, 0.1) is 0 Å². The van der Waals surface area contributed by atoms with Crippen LogP contribution >= 0.6 is 0 Å². The van der Waals surface area contributed by atoms with Crippen molar-refractivity contribution >= 4 is 23.0 Å². The highest BCUT2D eigenvalue weighted by Gasteiger charge is 2.26. The molecule has 2 aromatic rings. The number of para-hydroxylation sites is 1. The number of likely N-dealkylation sites (N-methyl/N-ethyl adjacent to an activating group) is 1. The molecule has 0 N–H and O–H groups in total. The first-order valence-electron chi connectivity index (χ1n) is 9.51. The van der Waals surface area contributed by atoms with Crippen LogP contribution in [-0.4, -0.2) is 40.8 Å². The van der Waals surface area contributed by atoms with Gasteiger partial charge in [-0.15, -0.1) is 0 Å². The molecule has 1 aromatic carbocycles. The molecule has 0 saturated heterocycles. The first-order chi connectivity index (χ1) is 13.1. The highest BCUT2D eigenvalue weighted by molar-refractivity contribution is 5.92. The molecule has 0 radical (unpaired) electrons. The van der Waals surface area contributed by atoms with Gasteiger partial charge in [0.2, 0.25) is 0 Å². The van der Waals surface area contributed by atoms with Crippen LogP contribution in [-0.2, 0) is 27.7 Å². The Morgan fingerprint density at radius 2 is 1.89 bits per heavy atom. The molecule has 0 spiro atoms. The largest absolute Gasteiger partial charge is 0.461 e. The number of carbonyl (C=O) groups excluding carboxylic acids is 2. The summed E-state index contributed by atoms with van der Waals surface area (Å²) in [6, 6.07) is 8.20. The Morgan fingerprint density at radius 3 is 2.54 bits per heavy atom. The van der Waals surface area contributed by atoms with Gasteiger partial charge in [-0.3, -0.25) is 4.90 Å². The summed E-state index contributed by atoms with van der Waals surface area (Å²) in [4.78, 5) is 26.0. The summed E-state index contributed by atoms with van der Waals surface area (Å²) in [5.74, 6) is -0.534. The molecule has 6 heteroatoms. The Bertz CT molecular complexity index is 874. The van der Waals surface area contributed by atoms with Crippen molar-refractivity contribution in [3.05, 3.63) is 47.8 Å². The van der Waals surface area contributed by atoms with E-state index in [1.807, 2.05) is 19.2 Å². The fraction of sp³-hybridized carbons (Fsp3) is 0.455. The van der Waals surface area contributed by atoms with E-state index in [9.17, 15) is 9.59 Å². The number of aromatic nitrogens is 1. The van der Waals surface area contributed by atoms with E-state index in [2.05, 4.69) is 22.9 Å². The summed E-state index contributed by atoms with van der Waals surface area (Å²) in [5.41, 5.74) is 1.90. The van der Waals surface area contributed by atoms with E-state index in [0.717, 1.165) is 11.9 Å². The maximum Gasteiger partial charge on any atom is 0.414 e. The van der Waals surface area contributed by atoms with Crippen molar-refractivity contribution in [1.29, 1.82) is 0 Å². The van der Waals surface area contributed by atoms with Gasteiger partial charge >= 0.3 is 12.1 Å². The minimum Gasteiger partial charge on any atom is -0.461 e. The molecule has 152 valence electrons. The number of amides is 1. The Hall–Kier alpha value is -2.76. The van der Waals surface area contributed by atoms with Gasteiger partial charge in [0.1, 0.15) is 11.3 Å². The number of esters is 1. The van der Waals surface area contributed by atoms with Crippen LogP contribution in [0.25, 0.3) is 10.9 Å². The van der Waals surface area contributed by atoms with Gasteiger partial charge in [-0.2, -0.15) is 0 Å². The van der Waals surface area contributed by atoms with E-state index in [-0.39, 0.29) is 12.3 Å². The lowest BCUT2D eigenvalue weighted by atomic mass is 10.1. The molecule has 0 aliphatic carbocycles. The van der Waals surface area contributed by atoms with Gasteiger partial charge in [0.25, 0.3) is 0 Å². The SMILES string of the molecule is CCOC(=O)/C(=C/CCc1cn(C)c2ccccc12)N(C)C(=O)OC(C)(C)C. The molecule has 2 rings (SSSR count). The first-order valence-corrected chi connectivity index (χ1v) is 9.51. The number of ether oxygens (including phenoxy) is 2. The molecule has 0 fully saturated rings. The topological polar surface area (TPSA) is 60.8 Å². The third-order valence-corrected chi connectivity index (χ3v) is 4.24. The molecule has 0 bridgehead atoms. The summed E-state index contributed by atoms with van der Waals surface area (Å²) < 4.78 is 12.6. The molecule has 28 heavy (non-hydrogen) atoms. The zero-order valence-electron chi connectivity index (χ0n) is 17.6. The average Bonchev–Trinajstić information content (AvgIpc) is 2.93. The van der Waals surface area contributed by atoms with Crippen LogP contribution < -0.4 is 0 Å². The summed E-state index contributed by atoms with van der Waals surface area (Å²) in [7, 11) is 3.54. The fourth-order valence-electron chi connectivity index (χ4n) is 2.98. The minimum absolute atomic E-state index is 0.191. The molecule has 1 heterocycles. The lowest BCUT2D eigenvalue weighted by molar-refractivity contribution is -0.140. The molecular weight excluding hydrogens is 356 g/mol. The third-order valence-electron chi connectivity index (χ3n) is 4.24. The van der Waals surface area contributed by atoms with Crippen LogP contribution in [0.2, 0.25) is 0 Å². The number of carbonyl (C=O) groups is 2. The van der Waals surface area contributed by atoms with Gasteiger partial charge in [0, 0.05) is 31.2 Å². The van der Waals surface area contributed by atoms with Gasteiger partial charge in [-0.05, 0) is 52.2 Å². The number of rotatable bonds is 6. The van der Waals surface area contributed by atoms with Crippen LogP contribution in [0.1, 0.15) is 39.7 Å². The number of hydrogen-bond donors (Lipinski definition) is 0. The maximum absolute atomic E-state index is 12.4.